The van der Waals surface area contributed by atoms with Crippen LogP contribution >= 0.6 is 0 Å². The van der Waals surface area contributed by atoms with Gasteiger partial charge >= 0.3 is 0 Å². The second-order valence-corrected chi connectivity index (χ2v) is 11.7. The van der Waals surface area contributed by atoms with Gasteiger partial charge in [-0.3, -0.25) is 24.5 Å². The van der Waals surface area contributed by atoms with Crippen molar-refractivity contribution in [3.8, 4) is 0 Å². The van der Waals surface area contributed by atoms with Gasteiger partial charge in [-0.15, -0.1) is 0 Å². The fraction of sp³-hybridized carbons (Fsp3) is 0.448. The van der Waals surface area contributed by atoms with E-state index in [0.717, 1.165) is 22.5 Å². The molecule has 1 aliphatic carbocycles. The Bertz CT molecular complexity index is 1240. The molecule has 2 unspecified atom stereocenters. The molecule has 0 radical (unpaired) electrons. The molecule has 2 fully saturated rings. The average molecular weight is 505 g/mol. The number of hydrogen-bond acceptors (Lipinski definition) is 5. The first-order chi connectivity index (χ1) is 17.2. The zero-order valence-electron chi connectivity index (χ0n) is 22.5. The summed E-state index contributed by atoms with van der Waals surface area (Å²) in [6.45, 7) is 7.81. The Morgan fingerprint density at radius 3 is 2.08 bits per heavy atom. The van der Waals surface area contributed by atoms with Gasteiger partial charge in [0.25, 0.3) is 5.91 Å². The molecule has 1 heterocycles. The second kappa shape index (κ2) is 9.32. The molecule has 1 saturated heterocycles. The van der Waals surface area contributed by atoms with Crippen molar-refractivity contribution in [2.75, 3.05) is 24.3 Å². The van der Waals surface area contributed by atoms with E-state index >= 15 is 0 Å². The van der Waals surface area contributed by atoms with Gasteiger partial charge in [-0.05, 0) is 61.6 Å². The third-order valence-corrected chi connectivity index (χ3v) is 7.83. The lowest BCUT2D eigenvalue weighted by atomic mass is 9.52. The molecule has 2 aromatic rings. The van der Waals surface area contributed by atoms with Crippen LogP contribution in [0.25, 0.3) is 0 Å². The number of nitrogens with one attached hydrogen (secondary N) is 3. The lowest BCUT2D eigenvalue weighted by molar-refractivity contribution is -0.164. The van der Waals surface area contributed by atoms with Crippen LogP contribution < -0.4 is 20.9 Å². The lowest BCUT2D eigenvalue weighted by Gasteiger charge is -2.53. The number of aryl methyl sites for hydroxylation is 1. The van der Waals surface area contributed by atoms with Crippen molar-refractivity contribution in [1.82, 2.24) is 10.6 Å². The smallest absolute Gasteiger partial charge is 0.255 e. The number of nitrogens with zero attached hydrogens (tertiary/aromatic N) is 1. The summed E-state index contributed by atoms with van der Waals surface area (Å²) in [5.74, 6) is -0.989. The Kier molecular flexibility index (Phi) is 6.65. The summed E-state index contributed by atoms with van der Waals surface area (Å²) in [4.78, 5) is 53.1. The van der Waals surface area contributed by atoms with Crippen molar-refractivity contribution in [3.05, 3.63) is 59.2 Å². The number of benzene rings is 2. The number of carbonyl (C=O) groups excluding carboxylic acids is 4. The minimum atomic E-state index is -0.839. The minimum absolute atomic E-state index is 0.176. The van der Waals surface area contributed by atoms with Crippen LogP contribution in [-0.4, -0.2) is 37.7 Å². The quantitative estimate of drug-likeness (QED) is 0.519. The zero-order chi connectivity index (χ0) is 27.2. The number of amides is 4. The molecule has 0 spiro atoms. The van der Waals surface area contributed by atoms with E-state index in [-0.39, 0.29) is 30.2 Å². The summed E-state index contributed by atoms with van der Waals surface area (Å²) in [5.41, 5.74) is 1.88. The highest BCUT2D eigenvalue weighted by atomic mass is 16.2. The summed E-state index contributed by atoms with van der Waals surface area (Å²) in [7, 11) is 3.92. The lowest BCUT2D eigenvalue weighted by Crippen LogP contribution is -2.63. The largest absolute Gasteiger partial charge is 0.377 e. The van der Waals surface area contributed by atoms with Crippen molar-refractivity contribution in [2.24, 2.45) is 16.2 Å². The van der Waals surface area contributed by atoms with E-state index in [9.17, 15) is 19.2 Å². The predicted molar refractivity (Wildman–Crippen MR) is 143 cm³/mol. The highest BCUT2D eigenvalue weighted by molar-refractivity contribution is 6.05. The zero-order valence-corrected chi connectivity index (χ0v) is 22.5. The highest BCUT2D eigenvalue weighted by Crippen LogP contribution is 2.56. The molecule has 1 aliphatic heterocycles. The van der Waals surface area contributed by atoms with Gasteiger partial charge in [-0.25, -0.2) is 0 Å². The van der Waals surface area contributed by atoms with Crippen molar-refractivity contribution in [2.45, 2.75) is 53.5 Å². The van der Waals surface area contributed by atoms with E-state index in [4.69, 9.17) is 0 Å². The van der Waals surface area contributed by atoms with Crippen LogP contribution in [0.4, 0.5) is 11.4 Å². The summed E-state index contributed by atoms with van der Waals surface area (Å²) < 4.78 is 0. The molecule has 2 aliphatic rings. The van der Waals surface area contributed by atoms with Crippen LogP contribution in [0.3, 0.4) is 0 Å². The molecule has 2 bridgehead atoms. The second-order valence-electron chi connectivity index (χ2n) is 11.7. The van der Waals surface area contributed by atoms with Gasteiger partial charge in [0, 0.05) is 53.8 Å². The van der Waals surface area contributed by atoms with Crippen molar-refractivity contribution >= 4 is 35.0 Å². The summed E-state index contributed by atoms with van der Waals surface area (Å²) in [6.07, 6.45) is 1.22. The van der Waals surface area contributed by atoms with Crippen LogP contribution in [-0.2, 0) is 20.9 Å². The molecule has 4 rings (SSSR count). The van der Waals surface area contributed by atoms with E-state index < -0.39 is 16.2 Å². The fourth-order valence-electron chi connectivity index (χ4n) is 6.20. The van der Waals surface area contributed by atoms with E-state index in [2.05, 4.69) is 16.0 Å². The number of carbonyl (C=O) groups is 4. The van der Waals surface area contributed by atoms with Crippen molar-refractivity contribution in [3.63, 3.8) is 0 Å². The Morgan fingerprint density at radius 2 is 1.51 bits per heavy atom. The molecule has 2 atom stereocenters. The van der Waals surface area contributed by atoms with Gasteiger partial charge < -0.3 is 15.5 Å². The Hall–Kier alpha value is -3.68. The normalized spacial score (nSPS) is 26.8. The van der Waals surface area contributed by atoms with E-state index in [0.29, 0.717) is 24.8 Å². The van der Waals surface area contributed by atoms with Crippen LogP contribution in [0.15, 0.2) is 42.5 Å². The van der Waals surface area contributed by atoms with E-state index in [1.807, 2.05) is 77.0 Å². The fourth-order valence-corrected chi connectivity index (χ4v) is 6.20. The van der Waals surface area contributed by atoms with Crippen molar-refractivity contribution in [1.29, 1.82) is 0 Å². The number of anilines is 2. The molecule has 1 saturated carbocycles. The number of fused-ring (bicyclic) bond motifs is 2. The topological polar surface area (TPSA) is 108 Å². The van der Waals surface area contributed by atoms with Crippen LogP contribution in [0.2, 0.25) is 0 Å². The number of piperidine rings is 1. The minimum Gasteiger partial charge on any atom is -0.377 e. The maximum absolute atomic E-state index is 13.3. The third kappa shape index (κ3) is 5.10. The molecule has 8 nitrogen and oxygen atoms in total. The third-order valence-electron chi connectivity index (χ3n) is 7.83. The maximum atomic E-state index is 13.3. The van der Waals surface area contributed by atoms with E-state index in [1.54, 1.807) is 12.1 Å². The first-order valence-corrected chi connectivity index (χ1v) is 12.6. The molecule has 8 heteroatoms. The summed E-state index contributed by atoms with van der Waals surface area (Å²) >= 11 is 0. The Morgan fingerprint density at radius 1 is 0.919 bits per heavy atom. The molecular weight excluding hydrogens is 468 g/mol. The number of hydrogen-bond donors (Lipinski definition) is 3. The van der Waals surface area contributed by atoms with Gasteiger partial charge in [-0.2, -0.15) is 0 Å². The van der Waals surface area contributed by atoms with Gasteiger partial charge in [0.1, 0.15) is 0 Å². The molecule has 196 valence electrons. The molecule has 3 N–H and O–H groups in total. The van der Waals surface area contributed by atoms with Crippen LogP contribution in [0.1, 0.15) is 61.5 Å². The molecule has 2 aromatic carbocycles. The van der Waals surface area contributed by atoms with E-state index in [1.165, 1.54) is 0 Å². The number of imide groups is 1. The molecule has 37 heavy (non-hydrogen) atoms. The maximum Gasteiger partial charge on any atom is 0.255 e. The standard InChI is InChI=1S/C29H36N4O4/c1-18-7-12-21(13-22(18)33(5)6)31-23(34)20-10-8-19(9-11-20)14-30-24(35)27(2)15-28(3)17-29(4,16-27)26(37)32-25(28)36/h7-13H,14-17H2,1-6H3,(H,30,35)(H,31,34)(H,32,36,37). The Balaban J connectivity index is 1.39. The van der Waals surface area contributed by atoms with Crippen LogP contribution in [0.5, 0.6) is 0 Å². The first kappa shape index (κ1) is 26.4. The monoisotopic (exact) mass is 504 g/mol. The Labute approximate surface area is 218 Å². The molecular formula is C29H36N4O4. The highest BCUT2D eigenvalue weighted by Gasteiger charge is 2.60. The summed E-state index contributed by atoms with van der Waals surface area (Å²) in [5, 5.41) is 8.41. The summed E-state index contributed by atoms with van der Waals surface area (Å²) in [6, 6.07) is 12.9. The van der Waals surface area contributed by atoms with Gasteiger partial charge in [-0.1, -0.05) is 39.0 Å². The first-order valence-electron chi connectivity index (χ1n) is 12.6. The molecule has 4 amide bonds. The SMILES string of the molecule is Cc1ccc(NC(=O)c2ccc(CNC(=O)C3(C)CC4(C)CC(C)(C3)C(=O)NC4=O)cc2)cc1N(C)C. The number of rotatable bonds is 6. The van der Waals surface area contributed by atoms with Crippen molar-refractivity contribution < 1.29 is 19.2 Å². The predicted octanol–water partition coefficient (Wildman–Crippen LogP) is 3.79. The average Bonchev–Trinajstić information content (AvgIpc) is 2.82. The van der Waals surface area contributed by atoms with Gasteiger partial charge in [0.05, 0.1) is 0 Å². The van der Waals surface area contributed by atoms with Gasteiger partial charge in [0.2, 0.25) is 17.7 Å². The molecule has 0 aromatic heterocycles. The van der Waals surface area contributed by atoms with Crippen LogP contribution in [0, 0.1) is 23.2 Å². The van der Waals surface area contributed by atoms with Gasteiger partial charge in [0.15, 0.2) is 0 Å².